The minimum absolute atomic E-state index is 0.264. The quantitative estimate of drug-likeness (QED) is 0.677. The van der Waals surface area contributed by atoms with Crippen LogP contribution in [0.2, 0.25) is 0 Å². The Morgan fingerprint density at radius 3 is 2.29 bits per heavy atom. The average molecular weight is 260 g/mol. The summed E-state index contributed by atoms with van der Waals surface area (Å²) in [5.74, 6) is 0. The van der Waals surface area contributed by atoms with Crippen molar-refractivity contribution >= 4 is 22.4 Å². The second kappa shape index (κ2) is 6.03. The number of piperazine rings is 1. The zero-order valence-corrected chi connectivity index (χ0v) is 13.2. The van der Waals surface area contributed by atoms with E-state index in [-0.39, 0.29) is 6.09 Å². The first-order valence-corrected chi connectivity index (χ1v) is 7.28. The maximum Gasteiger partial charge on any atom is 0.410 e. The Labute approximate surface area is 111 Å². The Kier molecular flexibility index (Phi) is 5.24. The van der Waals surface area contributed by atoms with Crippen LogP contribution in [0.25, 0.3) is 0 Å². The van der Waals surface area contributed by atoms with E-state index >= 15 is 0 Å². The predicted molar refractivity (Wildman–Crippen MR) is 67.7 cm³/mol. The summed E-state index contributed by atoms with van der Waals surface area (Å²) in [6.45, 7) is 8.81. The van der Waals surface area contributed by atoms with Gasteiger partial charge in [0.1, 0.15) is 5.60 Å². The molecule has 0 aromatic heterocycles. The number of alkyl halides is 1. The molecule has 0 aromatic carbocycles. The molecule has 1 fully saturated rings. The van der Waals surface area contributed by atoms with Gasteiger partial charge in [0.15, 0.2) is 0 Å². The van der Waals surface area contributed by atoms with Crippen molar-refractivity contribution in [1.29, 1.82) is 0 Å². The summed E-state index contributed by atoms with van der Waals surface area (Å²) in [7, 11) is 0. The Bertz CT molecular complexity index is 261. The van der Waals surface area contributed by atoms with Crippen molar-refractivity contribution in [3.05, 3.63) is 0 Å². The number of amides is 1. The fourth-order valence-corrected chi connectivity index (χ4v) is 2.31. The smallest absolute Gasteiger partial charge is 0.410 e. The summed E-state index contributed by atoms with van der Waals surface area (Å²) in [6, 6.07) is 0. The molecule has 1 unspecified atom stereocenters. The summed E-state index contributed by atoms with van der Waals surface area (Å²) in [5.41, 5.74) is -0.451. The molecule has 1 heterocycles. The lowest BCUT2D eigenvalue weighted by atomic mass is 10.2. The van der Waals surface area contributed by atoms with Crippen LogP contribution in [0.1, 0.15) is 20.8 Å². The largest absolute Gasteiger partial charge is 0.444 e. The maximum absolute atomic E-state index is 12.9. The number of nitrogens with zero attached hydrogens (tertiary/aromatic N) is 2. The van der Waals surface area contributed by atoms with Gasteiger partial charge in [0.05, 0.1) is 0 Å². The number of carbonyl (C=O) groups excluding carboxylic acids is 1. The molecule has 0 saturated carbocycles. The van der Waals surface area contributed by atoms with Crippen LogP contribution in [0.3, 0.4) is 0 Å². The monoisotopic (exact) mass is 260 g/mol. The Morgan fingerprint density at radius 1 is 1.35 bits per heavy atom. The molecule has 6 heteroatoms. The van der Waals surface area contributed by atoms with Crippen LogP contribution < -0.4 is 0 Å². The van der Waals surface area contributed by atoms with Crippen molar-refractivity contribution in [3.8, 4) is 0 Å². The minimum Gasteiger partial charge on any atom is -0.444 e. The van der Waals surface area contributed by atoms with Gasteiger partial charge in [-0.1, -0.05) is 0 Å². The Balaban J connectivity index is 2.34. The number of hydrogen-bond donors (Lipinski definition) is 0. The van der Waals surface area contributed by atoms with Crippen molar-refractivity contribution in [3.63, 3.8) is 0 Å². The molecule has 1 aliphatic rings. The molecule has 1 saturated heterocycles. The first-order valence-electron chi connectivity index (χ1n) is 6.12. The van der Waals surface area contributed by atoms with Crippen molar-refractivity contribution in [2.24, 2.45) is 0 Å². The summed E-state index contributed by atoms with van der Waals surface area (Å²) >= 11 is 0.575. The van der Waals surface area contributed by atoms with Gasteiger partial charge < -0.3 is 9.64 Å². The van der Waals surface area contributed by atoms with Gasteiger partial charge in [0.2, 0.25) is 0 Å². The van der Waals surface area contributed by atoms with E-state index < -0.39 is 10.6 Å². The second-order valence-electron chi connectivity index (χ2n) is 5.55. The first kappa shape index (κ1) is 14.8. The van der Waals surface area contributed by atoms with E-state index in [0.29, 0.717) is 35.9 Å². The number of ether oxygens (including phenoxy) is 1. The molecular weight excluding hydrogens is 238 g/mol. The van der Waals surface area contributed by atoms with E-state index in [2.05, 4.69) is 4.90 Å². The highest BCUT2D eigenvalue weighted by Gasteiger charge is 2.26. The van der Waals surface area contributed by atoms with Crippen LogP contribution in [-0.2, 0) is 4.74 Å². The molecule has 1 rings (SSSR count). The van der Waals surface area contributed by atoms with Crippen LogP contribution >= 0.6 is 0 Å². The van der Waals surface area contributed by atoms with Gasteiger partial charge in [-0.25, -0.2) is 4.79 Å². The molecule has 0 aliphatic carbocycles. The summed E-state index contributed by atoms with van der Waals surface area (Å²) in [5, 5.41) is -0.678. The summed E-state index contributed by atoms with van der Waals surface area (Å²) in [6.07, 6.45) is -0.264. The third-order valence-corrected chi connectivity index (χ3v) is 2.90. The Hall–Kier alpha value is -0.308. The lowest BCUT2D eigenvalue weighted by Crippen LogP contribution is -2.51. The summed E-state index contributed by atoms with van der Waals surface area (Å²) < 4.78 is 18.2. The molecule has 17 heavy (non-hydrogen) atoms. The van der Waals surface area contributed by atoms with Crippen molar-refractivity contribution in [2.45, 2.75) is 31.4 Å². The van der Waals surface area contributed by atoms with E-state index in [0.717, 1.165) is 13.1 Å². The zero-order valence-electron chi connectivity index (χ0n) is 11.2. The van der Waals surface area contributed by atoms with Gasteiger partial charge in [-0.3, -0.25) is 9.29 Å². The van der Waals surface area contributed by atoms with Gasteiger partial charge in [-0.2, -0.15) is 0 Å². The van der Waals surface area contributed by atoms with Crippen LogP contribution in [0.4, 0.5) is 9.18 Å². The molecule has 1 atom stereocenters. The molecule has 1 aliphatic heterocycles. The maximum atomic E-state index is 12.9. The number of hydrogen-bond acceptors (Lipinski definition) is 3. The lowest BCUT2D eigenvalue weighted by molar-refractivity contribution is 0.0138. The fourth-order valence-electron chi connectivity index (χ4n) is 1.80. The molecule has 4 nitrogen and oxygen atoms in total. The molecular formula is C11H22AlFN2O2. The first-order chi connectivity index (χ1) is 7.78. The lowest BCUT2D eigenvalue weighted by Gasteiger charge is -2.35. The minimum atomic E-state index is -0.678. The number of carbonyl (C=O) groups is 1. The highest BCUT2D eigenvalue weighted by Crippen LogP contribution is 2.11. The van der Waals surface area contributed by atoms with Gasteiger partial charge in [0.25, 0.3) is 16.3 Å². The van der Waals surface area contributed by atoms with Crippen LogP contribution in [-0.4, -0.2) is 75.5 Å². The van der Waals surface area contributed by atoms with Crippen LogP contribution in [0.5, 0.6) is 0 Å². The highest BCUT2D eigenvalue weighted by atomic mass is 27.0. The number of rotatable bonds is 2. The number of halogens is 1. The second-order valence-corrected chi connectivity index (χ2v) is 6.80. The molecule has 0 radical (unpaired) electrons. The fraction of sp³-hybridized carbons (Fsp3) is 0.909. The molecule has 1 amide bonds. The van der Waals surface area contributed by atoms with E-state index in [1.807, 2.05) is 20.8 Å². The molecule has 0 aromatic rings. The third kappa shape index (κ3) is 5.71. The van der Waals surface area contributed by atoms with Crippen LogP contribution in [0.15, 0.2) is 0 Å². The van der Waals surface area contributed by atoms with Gasteiger partial charge in [0, 0.05) is 37.8 Å². The van der Waals surface area contributed by atoms with Crippen molar-refractivity contribution < 1.29 is 13.9 Å². The van der Waals surface area contributed by atoms with Gasteiger partial charge in [-0.15, -0.1) is 0 Å². The van der Waals surface area contributed by atoms with E-state index in [1.165, 1.54) is 0 Å². The molecule has 0 bridgehead atoms. The summed E-state index contributed by atoms with van der Waals surface area (Å²) in [4.78, 5) is 15.5. The predicted octanol–water partition coefficient (Wildman–Crippen LogP) is 0.468. The van der Waals surface area contributed by atoms with Gasteiger partial charge in [-0.05, 0) is 20.8 Å². The molecule has 98 valence electrons. The van der Waals surface area contributed by atoms with E-state index in [1.54, 1.807) is 4.90 Å². The topological polar surface area (TPSA) is 32.8 Å². The third-order valence-electron chi connectivity index (χ3n) is 2.53. The van der Waals surface area contributed by atoms with E-state index in [4.69, 9.17) is 4.74 Å². The van der Waals surface area contributed by atoms with Crippen molar-refractivity contribution in [2.75, 3.05) is 32.7 Å². The van der Waals surface area contributed by atoms with Crippen molar-refractivity contribution in [1.82, 2.24) is 9.80 Å². The normalized spacial score (nSPS) is 20.1. The zero-order chi connectivity index (χ0) is 13.1. The highest BCUT2D eigenvalue weighted by molar-refractivity contribution is 6.11. The Morgan fingerprint density at radius 2 is 1.88 bits per heavy atom. The van der Waals surface area contributed by atoms with Crippen LogP contribution in [0, 0.1) is 0 Å². The van der Waals surface area contributed by atoms with Gasteiger partial charge >= 0.3 is 6.09 Å². The molecule has 0 spiro atoms. The van der Waals surface area contributed by atoms with E-state index in [9.17, 15) is 9.18 Å². The SMILES string of the molecule is CC(C)(C)OC(=O)N1CCN(C[CH](F)[AlH2])CC1. The standard InChI is InChI=1S/C11H20FN2O2.Al.2H/c1-11(2,3)16-10(15)14-8-6-13(5-4-12)7-9-14;;;/h4H,5-9H2,1-3H3;;;. The average Bonchev–Trinajstić information content (AvgIpc) is 2.15. The molecule has 0 N–H and O–H groups in total.